The van der Waals surface area contributed by atoms with E-state index in [9.17, 15) is 4.79 Å². The second-order valence-electron chi connectivity index (χ2n) is 4.03. The van der Waals surface area contributed by atoms with Gasteiger partial charge in [0.1, 0.15) is 0 Å². The first kappa shape index (κ1) is 17.5. The molecule has 0 saturated heterocycles. The lowest BCUT2D eigenvalue weighted by Crippen LogP contribution is -2.43. The molecule has 0 aromatic rings. The fourth-order valence-electron chi connectivity index (χ4n) is 1.62. The maximum Gasteiger partial charge on any atom is 0.500 e. The van der Waals surface area contributed by atoms with Gasteiger partial charge in [-0.05, 0) is 19.9 Å². The van der Waals surface area contributed by atoms with Crippen LogP contribution in [0.25, 0.3) is 0 Å². The minimum atomic E-state index is -2.46. The summed E-state index contributed by atoms with van der Waals surface area (Å²) in [5, 5.41) is 3.25. The van der Waals surface area contributed by atoms with Crippen molar-refractivity contribution in [1.82, 2.24) is 5.32 Å². The number of esters is 1. The van der Waals surface area contributed by atoms with Crippen molar-refractivity contribution in [2.24, 2.45) is 0 Å². The minimum absolute atomic E-state index is 0.0983. The predicted molar refractivity (Wildman–Crippen MR) is 70.3 cm³/mol. The van der Waals surface area contributed by atoms with Crippen LogP contribution >= 0.6 is 0 Å². The number of hydrogen-bond acceptors (Lipinski definition) is 6. The molecule has 0 radical (unpaired) electrons. The van der Waals surface area contributed by atoms with Gasteiger partial charge in [0.05, 0.1) is 13.5 Å². The highest BCUT2D eigenvalue weighted by Crippen LogP contribution is 2.14. The first-order valence-electron chi connectivity index (χ1n) is 5.99. The summed E-state index contributed by atoms with van der Waals surface area (Å²) in [6.07, 6.45) is 1.24. The van der Waals surface area contributed by atoms with Crippen LogP contribution in [-0.2, 0) is 22.8 Å². The lowest BCUT2D eigenvalue weighted by Gasteiger charge is -2.24. The lowest BCUT2D eigenvalue weighted by atomic mass is 10.2. The molecule has 0 amide bonds. The van der Waals surface area contributed by atoms with E-state index in [1.165, 1.54) is 7.11 Å². The van der Waals surface area contributed by atoms with E-state index in [-0.39, 0.29) is 12.0 Å². The number of hydrogen-bond donors (Lipinski definition) is 1. The molecule has 0 aliphatic heterocycles. The van der Waals surface area contributed by atoms with Gasteiger partial charge in [0.15, 0.2) is 0 Å². The van der Waals surface area contributed by atoms with E-state index in [0.29, 0.717) is 6.42 Å². The topological polar surface area (TPSA) is 66.0 Å². The Morgan fingerprint density at radius 1 is 1.17 bits per heavy atom. The van der Waals surface area contributed by atoms with Crippen LogP contribution < -0.4 is 5.32 Å². The SMILES string of the molecule is COC(=O)CC(C)NCCC[Si](OC)(OC)OC. The molecule has 0 aliphatic rings. The summed E-state index contributed by atoms with van der Waals surface area (Å²) in [7, 11) is 3.74. The molecule has 0 spiro atoms. The molecule has 0 fully saturated rings. The third-order valence-electron chi connectivity index (χ3n) is 2.79. The van der Waals surface area contributed by atoms with E-state index >= 15 is 0 Å². The second-order valence-corrected chi connectivity index (χ2v) is 7.13. The van der Waals surface area contributed by atoms with E-state index in [1.807, 2.05) is 6.92 Å². The smallest absolute Gasteiger partial charge is 0.469 e. The van der Waals surface area contributed by atoms with Crippen LogP contribution in [0, 0.1) is 0 Å². The van der Waals surface area contributed by atoms with E-state index in [0.717, 1.165) is 19.0 Å². The van der Waals surface area contributed by atoms with Crippen LogP contribution in [0.4, 0.5) is 0 Å². The van der Waals surface area contributed by atoms with Gasteiger partial charge in [-0.2, -0.15) is 0 Å². The van der Waals surface area contributed by atoms with Gasteiger partial charge in [-0.3, -0.25) is 4.79 Å². The Morgan fingerprint density at radius 3 is 2.17 bits per heavy atom. The normalized spacial score (nSPS) is 13.4. The molecule has 1 unspecified atom stereocenters. The molecule has 18 heavy (non-hydrogen) atoms. The number of carbonyl (C=O) groups excluding carboxylic acids is 1. The molecule has 0 saturated carbocycles. The third-order valence-corrected chi connectivity index (χ3v) is 5.62. The maximum atomic E-state index is 11.0. The molecule has 0 aromatic heterocycles. The Balaban J connectivity index is 3.81. The third kappa shape index (κ3) is 6.46. The molecule has 0 heterocycles. The van der Waals surface area contributed by atoms with Gasteiger partial charge in [-0.15, -0.1) is 0 Å². The molecule has 0 aromatic carbocycles. The zero-order valence-electron chi connectivity index (χ0n) is 11.9. The average Bonchev–Trinajstić information content (AvgIpc) is 2.39. The number of carbonyl (C=O) groups is 1. The summed E-state index contributed by atoms with van der Waals surface area (Å²) >= 11 is 0. The summed E-state index contributed by atoms with van der Waals surface area (Å²) in [6, 6.07) is 0.843. The molecule has 108 valence electrons. The van der Waals surface area contributed by atoms with Crippen LogP contribution in [0.1, 0.15) is 19.8 Å². The Kier molecular flexibility index (Phi) is 9.21. The van der Waals surface area contributed by atoms with Crippen molar-refractivity contribution < 1.29 is 22.8 Å². The largest absolute Gasteiger partial charge is 0.500 e. The van der Waals surface area contributed by atoms with E-state index in [4.69, 9.17) is 13.3 Å². The number of ether oxygens (including phenoxy) is 1. The molecular weight excluding hydrogens is 254 g/mol. The van der Waals surface area contributed by atoms with Crippen LogP contribution in [-0.4, -0.2) is 55.8 Å². The summed E-state index contributed by atoms with van der Waals surface area (Å²) in [4.78, 5) is 11.0. The van der Waals surface area contributed by atoms with Gasteiger partial charge in [0.25, 0.3) is 0 Å². The maximum absolute atomic E-state index is 11.0. The molecule has 1 N–H and O–H groups in total. The Labute approximate surface area is 110 Å². The molecule has 1 atom stereocenters. The van der Waals surface area contributed by atoms with Crippen molar-refractivity contribution in [2.45, 2.75) is 31.9 Å². The number of nitrogens with one attached hydrogen (secondary N) is 1. The Morgan fingerprint density at radius 2 is 1.72 bits per heavy atom. The molecule has 0 rings (SSSR count). The summed E-state index contributed by atoms with van der Waals surface area (Å²) in [5.74, 6) is -0.204. The zero-order chi connectivity index (χ0) is 14.0. The van der Waals surface area contributed by atoms with Crippen molar-refractivity contribution >= 4 is 14.8 Å². The fraction of sp³-hybridized carbons (Fsp3) is 0.909. The molecule has 6 nitrogen and oxygen atoms in total. The van der Waals surface area contributed by atoms with Gasteiger partial charge in [-0.25, -0.2) is 0 Å². The highest BCUT2D eigenvalue weighted by molar-refractivity contribution is 6.60. The predicted octanol–water partition coefficient (Wildman–Crippen LogP) is 0.796. The van der Waals surface area contributed by atoms with Gasteiger partial charge >= 0.3 is 14.8 Å². The Bertz CT molecular complexity index is 227. The van der Waals surface area contributed by atoms with E-state index in [1.54, 1.807) is 21.3 Å². The molecule has 7 heteroatoms. The van der Waals surface area contributed by atoms with Gasteiger partial charge in [0, 0.05) is 33.4 Å². The van der Waals surface area contributed by atoms with Crippen LogP contribution in [0.15, 0.2) is 0 Å². The highest BCUT2D eigenvalue weighted by Gasteiger charge is 2.36. The van der Waals surface area contributed by atoms with Crippen molar-refractivity contribution in [3.05, 3.63) is 0 Å². The highest BCUT2D eigenvalue weighted by atomic mass is 28.4. The summed E-state index contributed by atoms with van der Waals surface area (Å²) < 4.78 is 20.6. The fourth-order valence-corrected chi connectivity index (χ4v) is 3.34. The average molecular weight is 279 g/mol. The lowest BCUT2D eigenvalue weighted by molar-refractivity contribution is -0.141. The number of methoxy groups -OCH3 is 1. The molecule has 0 bridgehead atoms. The van der Waals surface area contributed by atoms with Crippen LogP contribution in [0.5, 0.6) is 0 Å². The summed E-state index contributed by atoms with van der Waals surface area (Å²) in [5.41, 5.74) is 0. The van der Waals surface area contributed by atoms with Gasteiger partial charge < -0.3 is 23.3 Å². The van der Waals surface area contributed by atoms with Crippen molar-refractivity contribution in [3.63, 3.8) is 0 Å². The summed E-state index contributed by atoms with van der Waals surface area (Å²) in [6.45, 7) is 2.73. The second kappa shape index (κ2) is 9.46. The monoisotopic (exact) mass is 279 g/mol. The van der Waals surface area contributed by atoms with Crippen molar-refractivity contribution in [1.29, 1.82) is 0 Å². The zero-order valence-corrected chi connectivity index (χ0v) is 12.9. The Hall–Kier alpha value is -0.473. The first-order chi connectivity index (χ1) is 8.53. The van der Waals surface area contributed by atoms with Gasteiger partial charge in [-0.1, -0.05) is 0 Å². The number of rotatable bonds is 10. The molecular formula is C11H25NO5Si. The first-order valence-corrected chi connectivity index (χ1v) is 7.92. The molecule has 0 aliphatic carbocycles. The van der Waals surface area contributed by atoms with E-state index < -0.39 is 8.80 Å². The van der Waals surface area contributed by atoms with Crippen molar-refractivity contribution in [2.75, 3.05) is 35.0 Å². The van der Waals surface area contributed by atoms with E-state index in [2.05, 4.69) is 10.1 Å². The minimum Gasteiger partial charge on any atom is -0.469 e. The van der Waals surface area contributed by atoms with Gasteiger partial charge in [0.2, 0.25) is 0 Å². The van der Waals surface area contributed by atoms with Crippen LogP contribution in [0.2, 0.25) is 6.04 Å². The van der Waals surface area contributed by atoms with Crippen molar-refractivity contribution in [3.8, 4) is 0 Å². The quantitative estimate of drug-likeness (QED) is 0.362. The standard InChI is InChI=1S/C11H25NO5Si/c1-10(9-11(13)14-2)12-7-6-8-18(15-3,16-4)17-5/h10,12H,6-9H2,1-5H3. The van der Waals surface area contributed by atoms with Crippen LogP contribution in [0.3, 0.4) is 0 Å².